The predicted octanol–water partition coefficient (Wildman–Crippen LogP) is 5.47. The van der Waals surface area contributed by atoms with Gasteiger partial charge in [0.25, 0.3) is 0 Å². The van der Waals surface area contributed by atoms with E-state index in [4.69, 9.17) is 20.6 Å². The Hall–Kier alpha value is -4.79. The van der Waals surface area contributed by atoms with Crippen LogP contribution in [-0.2, 0) is 4.79 Å². The topological polar surface area (TPSA) is 147 Å². The lowest BCUT2D eigenvalue weighted by atomic mass is 9.85. The number of phenols is 1. The molecule has 1 amide bonds. The van der Waals surface area contributed by atoms with Crippen LogP contribution in [0.5, 0.6) is 17.2 Å². The number of rotatable bonds is 8. The number of anilines is 2. The van der Waals surface area contributed by atoms with Crippen LogP contribution in [0, 0.1) is 26.2 Å². The molecule has 6 N–H and O–H groups in total. The monoisotopic (exact) mass is 542 g/mol. The Bertz CT molecular complexity index is 1480. The van der Waals surface area contributed by atoms with Crippen molar-refractivity contribution in [2.75, 3.05) is 17.2 Å². The van der Waals surface area contributed by atoms with Gasteiger partial charge in [0, 0.05) is 29.4 Å². The number of carbonyl (C=O) groups is 2. The molecule has 9 heteroatoms. The number of phenolic OH excluding ortho intramolecular Hbond substituents is 1. The van der Waals surface area contributed by atoms with Gasteiger partial charge in [0.2, 0.25) is 5.91 Å². The van der Waals surface area contributed by atoms with E-state index in [2.05, 4.69) is 10.6 Å². The van der Waals surface area contributed by atoms with E-state index >= 15 is 0 Å². The van der Waals surface area contributed by atoms with E-state index in [-0.39, 0.29) is 29.8 Å². The van der Waals surface area contributed by atoms with Gasteiger partial charge < -0.3 is 30.9 Å². The summed E-state index contributed by atoms with van der Waals surface area (Å²) in [4.78, 5) is 25.3. The molecular formula is C31H34N4O5. The lowest BCUT2D eigenvalue weighted by molar-refractivity contribution is -0.111. The van der Waals surface area contributed by atoms with Gasteiger partial charge in [-0.1, -0.05) is 12.1 Å². The fraction of sp³-hybridized carbons (Fsp3) is 0.258. The Labute approximate surface area is 233 Å². The van der Waals surface area contributed by atoms with Crippen LogP contribution >= 0.6 is 0 Å². The second kappa shape index (κ2) is 11.5. The van der Waals surface area contributed by atoms with Gasteiger partial charge in [-0.05, 0) is 86.9 Å². The molecule has 0 fully saturated rings. The Morgan fingerprint density at radius 3 is 2.33 bits per heavy atom. The maximum atomic E-state index is 13.0. The summed E-state index contributed by atoms with van der Waals surface area (Å²) >= 11 is 0. The van der Waals surface area contributed by atoms with Gasteiger partial charge in [-0.25, -0.2) is 0 Å². The number of amides is 1. The maximum Gasteiger partial charge on any atom is 0.248 e. The highest BCUT2D eigenvalue weighted by atomic mass is 16.5. The zero-order valence-electron chi connectivity index (χ0n) is 23.1. The largest absolute Gasteiger partial charge is 0.507 e. The molecule has 9 nitrogen and oxygen atoms in total. The first kappa shape index (κ1) is 28.2. The number of nitrogens with one attached hydrogen (secondary N) is 3. The molecule has 0 radical (unpaired) electrons. The number of Topliss-reactive ketones (excluding diaryl/α,β-unsaturated/α-hetero) is 1. The third kappa shape index (κ3) is 6.43. The number of carbonyl (C=O) groups excluding carboxylic acids is 2. The second-order valence-corrected chi connectivity index (χ2v) is 10.2. The minimum atomic E-state index is -0.727. The molecule has 1 atom stereocenters. The van der Waals surface area contributed by atoms with Crippen molar-refractivity contribution in [2.45, 2.75) is 46.1 Å². The van der Waals surface area contributed by atoms with Gasteiger partial charge >= 0.3 is 0 Å². The minimum absolute atomic E-state index is 0.0456. The fourth-order valence-electron chi connectivity index (χ4n) is 4.63. The van der Waals surface area contributed by atoms with Crippen LogP contribution in [-0.4, -0.2) is 35.0 Å². The average Bonchev–Trinajstić information content (AvgIpc) is 2.90. The summed E-state index contributed by atoms with van der Waals surface area (Å²) in [6, 6.07) is 14.2. The van der Waals surface area contributed by atoms with Crippen molar-refractivity contribution in [1.82, 2.24) is 0 Å². The quantitative estimate of drug-likeness (QED) is 0.144. The molecule has 40 heavy (non-hydrogen) atoms. The van der Waals surface area contributed by atoms with Gasteiger partial charge in [0.1, 0.15) is 22.8 Å². The normalized spacial score (nSPS) is 16.2. The number of hydrogen-bond donors (Lipinski definition) is 5. The van der Waals surface area contributed by atoms with Crippen LogP contribution in [0.3, 0.4) is 0 Å². The van der Waals surface area contributed by atoms with Crippen molar-refractivity contribution in [2.24, 2.45) is 5.73 Å². The molecule has 208 valence electrons. The number of ketones is 1. The van der Waals surface area contributed by atoms with Crippen molar-refractivity contribution >= 4 is 35.1 Å². The highest BCUT2D eigenvalue weighted by Crippen LogP contribution is 2.44. The Balaban J connectivity index is 1.29. The first-order valence-electron chi connectivity index (χ1n) is 12.9. The van der Waals surface area contributed by atoms with Gasteiger partial charge in [-0.3, -0.25) is 15.0 Å². The summed E-state index contributed by atoms with van der Waals surface area (Å²) < 4.78 is 12.2. The average molecular weight is 543 g/mol. The molecule has 1 heterocycles. The van der Waals surface area contributed by atoms with E-state index in [0.29, 0.717) is 52.6 Å². The van der Waals surface area contributed by atoms with Crippen LogP contribution in [0.15, 0.2) is 54.6 Å². The standard InChI is InChI=1S/C31H34N4O5/c1-18-19(2)29-27(20(3)28(18)38)25(36)17-31(4,40-29)15-16-39-24-12-10-22(11-13-24)34-26(37)14-7-21-5-8-23(9-6-21)35-30(32)33/h5-14,38H,15-17H2,1-4H3,(H,34,37)(H4,32,33,35). The van der Waals surface area contributed by atoms with Gasteiger partial charge in [-0.2, -0.15) is 0 Å². The Morgan fingerprint density at radius 1 is 1.05 bits per heavy atom. The fourth-order valence-corrected chi connectivity index (χ4v) is 4.63. The van der Waals surface area contributed by atoms with E-state index in [0.717, 1.165) is 11.1 Å². The molecule has 1 aliphatic rings. The van der Waals surface area contributed by atoms with Crippen molar-refractivity contribution in [3.63, 3.8) is 0 Å². The number of nitrogens with two attached hydrogens (primary N) is 1. The lowest BCUT2D eigenvalue weighted by Gasteiger charge is -2.37. The van der Waals surface area contributed by atoms with Crippen molar-refractivity contribution in [1.29, 1.82) is 5.41 Å². The molecule has 0 bridgehead atoms. The van der Waals surface area contributed by atoms with Crippen LogP contribution in [0.25, 0.3) is 6.08 Å². The van der Waals surface area contributed by atoms with Gasteiger partial charge in [-0.15, -0.1) is 0 Å². The number of aromatic hydroxyl groups is 1. The smallest absolute Gasteiger partial charge is 0.248 e. The molecule has 3 aromatic carbocycles. The zero-order chi connectivity index (χ0) is 29.0. The maximum absolute atomic E-state index is 13.0. The van der Waals surface area contributed by atoms with E-state index < -0.39 is 5.60 Å². The molecule has 4 rings (SSSR count). The molecule has 0 saturated heterocycles. The lowest BCUT2D eigenvalue weighted by Crippen LogP contribution is -2.41. The SMILES string of the molecule is Cc1c(C)c2c(c(C)c1O)C(=O)CC(C)(CCOc1ccc(NC(=O)C=Cc3ccc(NC(=N)N)cc3)cc1)O2. The summed E-state index contributed by atoms with van der Waals surface area (Å²) in [7, 11) is 0. The Kier molecular flexibility index (Phi) is 8.13. The van der Waals surface area contributed by atoms with Gasteiger partial charge in [0.05, 0.1) is 18.6 Å². The van der Waals surface area contributed by atoms with Gasteiger partial charge in [0.15, 0.2) is 11.7 Å². The molecular weight excluding hydrogens is 508 g/mol. The minimum Gasteiger partial charge on any atom is -0.507 e. The number of hydrogen-bond acceptors (Lipinski definition) is 6. The molecule has 0 aromatic heterocycles. The number of benzene rings is 3. The van der Waals surface area contributed by atoms with E-state index in [1.54, 1.807) is 49.4 Å². The summed E-state index contributed by atoms with van der Waals surface area (Å²) in [6.45, 7) is 7.65. The molecule has 1 unspecified atom stereocenters. The van der Waals surface area contributed by atoms with Crippen molar-refractivity contribution < 1.29 is 24.2 Å². The first-order chi connectivity index (χ1) is 19.0. The summed E-state index contributed by atoms with van der Waals surface area (Å²) in [6.07, 6.45) is 3.82. The molecule has 3 aromatic rings. The molecule has 0 saturated carbocycles. The zero-order valence-corrected chi connectivity index (χ0v) is 23.1. The second-order valence-electron chi connectivity index (χ2n) is 10.2. The van der Waals surface area contributed by atoms with Crippen LogP contribution in [0.4, 0.5) is 11.4 Å². The van der Waals surface area contributed by atoms with Crippen LogP contribution < -0.4 is 25.8 Å². The predicted molar refractivity (Wildman–Crippen MR) is 156 cm³/mol. The summed E-state index contributed by atoms with van der Waals surface area (Å²) in [5.74, 6) is 0.855. The number of fused-ring (bicyclic) bond motifs is 1. The van der Waals surface area contributed by atoms with Crippen molar-refractivity contribution in [3.05, 3.63) is 82.4 Å². The third-order valence-electron chi connectivity index (χ3n) is 7.02. The van der Waals surface area contributed by atoms with Crippen molar-refractivity contribution in [3.8, 4) is 17.2 Å². The first-order valence-corrected chi connectivity index (χ1v) is 12.9. The Morgan fingerprint density at radius 2 is 1.68 bits per heavy atom. The van der Waals surface area contributed by atoms with E-state index in [1.807, 2.05) is 32.9 Å². The summed E-state index contributed by atoms with van der Waals surface area (Å²) in [5.41, 5.74) is 9.23. The highest BCUT2D eigenvalue weighted by molar-refractivity contribution is 6.03. The third-order valence-corrected chi connectivity index (χ3v) is 7.02. The summed E-state index contributed by atoms with van der Waals surface area (Å²) in [5, 5.41) is 23.1. The molecule has 0 spiro atoms. The highest BCUT2D eigenvalue weighted by Gasteiger charge is 2.39. The van der Waals surface area contributed by atoms with Crippen LogP contribution in [0.2, 0.25) is 0 Å². The van der Waals surface area contributed by atoms with Crippen LogP contribution in [0.1, 0.15) is 52.4 Å². The number of ether oxygens (including phenoxy) is 2. The molecule has 1 aliphatic heterocycles. The van der Waals surface area contributed by atoms with E-state index in [9.17, 15) is 14.7 Å². The number of guanidine groups is 1. The molecule has 0 aliphatic carbocycles. The van der Waals surface area contributed by atoms with E-state index in [1.165, 1.54) is 6.08 Å².